The molecular weight excluding hydrogens is 263 g/mol. The van der Waals surface area contributed by atoms with E-state index >= 15 is 0 Å². The molecule has 2 amide bonds. The third kappa shape index (κ3) is 2.38. The molecule has 6 nitrogen and oxygen atoms in total. The average molecular weight is 280 g/mol. The lowest BCUT2D eigenvalue weighted by molar-refractivity contribution is -0.121. The van der Waals surface area contributed by atoms with Crippen LogP contribution >= 0.6 is 0 Å². The number of nitrogen functional groups attached to an aromatic ring is 1. The van der Waals surface area contributed by atoms with Crippen LogP contribution in [0.3, 0.4) is 0 Å². The molecule has 2 rings (SSSR count). The maximum atomic E-state index is 14.1. The minimum absolute atomic E-state index is 0.00515. The molecule has 0 spiro atoms. The lowest BCUT2D eigenvalue weighted by Crippen LogP contribution is -2.42. The number of nitrogens with two attached hydrogens (primary N) is 2. The van der Waals surface area contributed by atoms with Crippen LogP contribution in [0, 0.1) is 5.82 Å². The van der Waals surface area contributed by atoms with Crippen LogP contribution in [0.15, 0.2) is 12.1 Å². The Morgan fingerprint density at radius 2 is 2.15 bits per heavy atom. The van der Waals surface area contributed by atoms with Gasteiger partial charge in [0, 0.05) is 19.3 Å². The number of benzene rings is 1. The first-order valence-electron chi connectivity index (χ1n) is 6.32. The van der Waals surface area contributed by atoms with Crippen LogP contribution in [0.4, 0.5) is 15.8 Å². The van der Waals surface area contributed by atoms with E-state index in [1.807, 2.05) is 0 Å². The number of hydrogen-bond acceptors (Lipinski definition) is 4. The summed E-state index contributed by atoms with van der Waals surface area (Å²) in [5, 5.41) is 2.56. The van der Waals surface area contributed by atoms with E-state index in [-0.39, 0.29) is 22.8 Å². The fourth-order valence-corrected chi connectivity index (χ4v) is 2.50. The van der Waals surface area contributed by atoms with Gasteiger partial charge in [0.1, 0.15) is 11.9 Å². The largest absolute Gasteiger partial charge is 0.398 e. The minimum Gasteiger partial charge on any atom is -0.398 e. The average Bonchev–Trinajstić information content (AvgIpc) is 2.86. The molecule has 1 saturated heterocycles. The van der Waals surface area contributed by atoms with Crippen LogP contribution in [0.1, 0.15) is 23.2 Å². The van der Waals surface area contributed by atoms with Crippen molar-refractivity contribution in [3.8, 4) is 0 Å². The molecular formula is C13H17FN4O2. The first-order chi connectivity index (χ1) is 9.45. The summed E-state index contributed by atoms with van der Waals surface area (Å²) in [5.41, 5.74) is 11.0. The van der Waals surface area contributed by atoms with Gasteiger partial charge in [-0.25, -0.2) is 4.39 Å². The number of nitrogens with zero attached hydrogens (tertiary/aromatic N) is 1. The molecule has 0 aliphatic carbocycles. The summed E-state index contributed by atoms with van der Waals surface area (Å²) in [6.07, 6.45) is 1.41. The van der Waals surface area contributed by atoms with Crippen molar-refractivity contribution < 1.29 is 14.0 Å². The van der Waals surface area contributed by atoms with Crippen molar-refractivity contribution in [3.63, 3.8) is 0 Å². The second-order valence-electron chi connectivity index (χ2n) is 4.72. The topological polar surface area (TPSA) is 101 Å². The van der Waals surface area contributed by atoms with E-state index in [1.54, 1.807) is 4.90 Å². The second-order valence-corrected chi connectivity index (χ2v) is 4.72. The highest BCUT2D eigenvalue weighted by Crippen LogP contribution is 2.31. The minimum atomic E-state index is -0.723. The first-order valence-corrected chi connectivity index (χ1v) is 6.32. The lowest BCUT2D eigenvalue weighted by Gasteiger charge is -2.26. The van der Waals surface area contributed by atoms with Gasteiger partial charge in [0.15, 0.2) is 0 Å². The maximum Gasteiger partial charge on any atom is 0.250 e. The van der Waals surface area contributed by atoms with Gasteiger partial charge >= 0.3 is 0 Å². The van der Waals surface area contributed by atoms with Gasteiger partial charge in [-0.1, -0.05) is 0 Å². The lowest BCUT2D eigenvalue weighted by atomic mass is 10.1. The number of carbonyl (C=O) groups is 2. The Kier molecular flexibility index (Phi) is 3.78. The Hall–Kier alpha value is -2.31. The van der Waals surface area contributed by atoms with Crippen molar-refractivity contribution in [3.05, 3.63) is 23.5 Å². The van der Waals surface area contributed by atoms with E-state index in [1.165, 1.54) is 13.1 Å². The zero-order valence-corrected chi connectivity index (χ0v) is 11.1. The van der Waals surface area contributed by atoms with E-state index in [9.17, 15) is 14.0 Å². The summed E-state index contributed by atoms with van der Waals surface area (Å²) >= 11 is 0. The smallest absolute Gasteiger partial charge is 0.250 e. The summed E-state index contributed by atoms with van der Waals surface area (Å²) in [6, 6.07) is 1.93. The number of primary amides is 1. The zero-order valence-electron chi connectivity index (χ0n) is 11.1. The van der Waals surface area contributed by atoms with Crippen molar-refractivity contribution in [2.75, 3.05) is 24.2 Å². The first kappa shape index (κ1) is 14.1. The molecule has 108 valence electrons. The van der Waals surface area contributed by atoms with Gasteiger partial charge in [-0.15, -0.1) is 0 Å². The van der Waals surface area contributed by atoms with E-state index in [0.29, 0.717) is 13.0 Å². The predicted molar refractivity (Wildman–Crippen MR) is 73.8 cm³/mol. The van der Waals surface area contributed by atoms with Crippen LogP contribution in [0.2, 0.25) is 0 Å². The molecule has 1 aromatic rings. The molecule has 0 radical (unpaired) electrons. The van der Waals surface area contributed by atoms with Gasteiger partial charge in [-0.3, -0.25) is 9.59 Å². The fraction of sp³-hybridized carbons (Fsp3) is 0.385. The highest BCUT2D eigenvalue weighted by atomic mass is 19.1. The van der Waals surface area contributed by atoms with Gasteiger partial charge in [-0.05, 0) is 25.0 Å². The van der Waals surface area contributed by atoms with Crippen LogP contribution < -0.4 is 21.7 Å². The monoisotopic (exact) mass is 280 g/mol. The van der Waals surface area contributed by atoms with E-state index in [0.717, 1.165) is 12.5 Å². The van der Waals surface area contributed by atoms with Crippen molar-refractivity contribution in [1.29, 1.82) is 0 Å². The molecule has 7 heteroatoms. The SMILES string of the molecule is CNC(=O)C1CCCN1c1cc(C(N)=O)c(N)cc1F. The summed E-state index contributed by atoms with van der Waals surface area (Å²) in [4.78, 5) is 24.7. The van der Waals surface area contributed by atoms with Crippen molar-refractivity contribution in [2.24, 2.45) is 5.73 Å². The number of rotatable bonds is 3. The molecule has 0 saturated carbocycles. The number of carbonyl (C=O) groups excluding carboxylic acids is 2. The summed E-state index contributed by atoms with van der Waals surface area (Å²) in [7, 11) is 1.53. The molecule has 1 aromatic carbocycles. The summed E-state index contributed by atoms with van der Waals surface area (Å²) < 4.78 is 14.1. The Balaban J connectivity index is 2.44. The van der Waals surface area contributed by atoms with Crippen LogP contribution in [0.25, 0.3) is 0 Å². The number of nitrogens with one attached hydrogen (secondary N) is 1. The number of hydrogen-bond donors (Lipinski definition) is 3. The Labute approximate surface area is 115 Å². The molecule has 20 heavy (non-hydrogen) atoms. The van der Waals surface area contributed by atoms with Gasteiger partial charge in [0.2, 0.25) is 5.91 Å². The number of likely N-dealkylation sites (N-methyl/N-ethyl adjacent to an activating group) is 1. The Morgan fingerprint density at radius 1 is 1.45 bits per heavy atom. The van der Waals surface area contributed by atoms with Crippen molar-refractivity contribution in [1.82, 2.24) is 5.32 Å². The van der Waals surface area contributed by atoms with E-state index in [2.05, 4.69) is 5.32 Å². The van der Waals surface area contributed by atoms with Gasteiger partial charge in [0.05, 0.1) is 11.3 Å². The molecule has 1 heterocycles. The molecule has 1 fully saturated rings. The van der Waals surface area contributed by atoms with Crippen LogP contribution in [-0.2, 0) is 4.79 Å². The zero-order chi connectivity index (χ0) is 14.9. The third-order valence-corrected chi connectivity index (χ3v) is 3.50. The Bertz CT molecular complexity index is 562. The van der Waals surface area contributed by atoms with Crippen molar-refractivity contribution >= 4 is 23.2 Å². The summed E-state index contributed by atoms with van der Waals surface area (Å²) in [6.45, 7) is 0.539. The second kappa shape index (κ2) is 5.36. The quantitative estimate of drug-likeness (QED) is 0.689. The molecule has 0 bridgehead atoms. The molecule has 1 aliphatic heterocycles. The number of halogens is 1. The van der Waals surface area contributed by atoms with Gasteiger partial charge in [-0.2, -0.15) is 0 Å². The molecule has 1 unspecified atom stereocenters. The highest BCUT2D eigenvalue weighted by Gasteiger charge is 2.32. The molecule has 0 aromatic heterocycles. The molecule has 1 aliphatic rings. The van der Waals surface area contributed by atoms with Crippen LogP contribution in [-0.4, -0.2) is 31.4 Å². The maximum absolute atomic E-state index is 14.1. The number of amides is 2. The van der Waals surface area contributed by atoms with Gasteiger partial charge in [0.25, 0.3) is 5.91 Å². The summed E-state index contributed by atoms with van der Waals surface area (Å²) in [5.74, 6) is -1.47. The van der Waals surface area contributed by atoms with Gasteiger partial charge < -0.3 is 21.7 Å². The van der Waals surface area contributed by atoms with E-state index in [4.69, 9.17) is 11.5 Å². The highest BCUT2D eigenvalue weighted by molar-refractivity contribution is 5.99. The third-order valence-electron chi connectivity index (χ3n) is 3.50. The molecule has 5 N–H and O–H groups in total. The van der Waals surface area contributed by atoms with E-state index < -0.39 is 17.8 Å². The Morgan fingerprint density at radius 3 is 2.75 bits per heavy atom. The van der Waals surface area contributed by atoms with Crippen LogP contribution in [0.5, 0.6) is 0 Å². The fourth-order valence-electron chi connectivity index (χ4n) is 2.50. The molecule has 1 atom stereocenters. The number of anilines is 2. The standard InChI is InChI=1S/C13H17FN4O2/c1-17-13(20)10-3-2-4-18(10)11-5-7(12(16)19)9(15)6-8(11)14/h5-6,10H,2-4,15H2,1H3,(H2,16,19)(H,17,20). The predicted octanol–water partition coefficient (Wildman–Crippen LogP) is 0.222. The van der Waals surface area contributed by atoms with Crippen molar-refractivity contribution in [2.45, 2.75) is 18.9 Å². The normalized spacial score (nSPS) is 18.1.